The van der Waals surface area contributed by atoms with Gasteiger partial charge in [0.15, 0.2) is 0 Å². The van der Waals surface area contributed by atoms with Crippen LogP contribution in [0.4, 0.5) is 13.2 Å². The number of benzene rings is 1. The van der Waals surface area contributed by atoms with Gasteiger partial charge in [-0.25, -0.2) is 4.99 Å². The van der Waals surface area contributed by atoms with E-state index in [1.165, 1.54) is 6.07 Å². The lowest BCUT2D eigenvalue weighted by Crippen LogP contribution is -2.30. The third-order valence-electron chi connectivity index (χ3n) is 7.23. The minimum Gasteiger partial charge on any atom is -0.405 e. The van der Waals surface area contributed by atoms with Crippen LogP contribution in [0, 0.1) is 17.8 Å². The maximum atomic E-state index is 13.2. The minimum atomic E-state index is -4.71. The van der Waals surface area contributed by atoms with Gasteiger partial charge in [0, 0.05) is 24.7 Å². The van der Waals surface area contributed by atoms with Crippen LogP contribution >= 0.6 is 0 Å². The van der Waals surface area contributed by atoms with E-state index >= 15 is 0 Å². The van der Waals surface area contributed by atoms with Gasteiger partial charge in [0.1, 0.15) is 11.4 Å². The van der Waals surface area contributed by atoms with Crippen LogP contribution in [0.25, 0.3) is 0 Å². The molecule has 174 valence electrons. The SMILES string of the molecule is CC1=CC2=NC(C(=O)N3C[C@H]4CC(c5ccccc5OC(F)(F)F)C[C@H]4C3)=CC2CCC=C1. The van der Waals surface area contributed by atoms with Gasteiger partial charge < -0.3 is 9.64 Å². The van der Waals surface area contributed by atoms with E-state index in [0.29, 0.717) is 24.4 Å². The molecule has 5 rings (SSSR count). The molecule has 0 bridgehead atoms. The molecule has 2 aliphatic heterocycles. The third kappa shape index (κ3) is 4.63. The maximum Gasteiger partial charge on any atom is 0.573 e. The first kappa shape index (κ1) is 22.0. The monoisotopic (exact) mass is 456 g/mol. The normalized spacial score (nSPS) is 29.0. The van der Waals surface area contributed by atoms with Crippen LogP contribution in [0.5, 0.6) is 5.75 Å². The van der Waals surface area contributed by atoms with Crippen LogP contribution in [0.15, 0.2) is 64.8 Å². The molecule has 0 spiro atoms. The number of nitrogens with zero attached hydrogens (tertiary/aromatic N) is 2. The summed E-state index contributed by atoms with van der Waals surface area (Å²) in [6.07, 6.45) is 7.03. The second-order valence-electron chi connectivity index (χ2n) is 9.55. The number of likely N-dealkylation sites (tertiary alicyclic amines) is 1. The van der Waals surface area contributed by atoms with Crippen molar-refractivity contribution >= 4 is 11.6 Å². The van der Waals surface area contributed by atoms with E-state index in [4.69, 9.17) is 0 Å². The van der Waals surface area contributed by atoms with Gasteiger partial charge in [-0.2, -0.15) is 0 Å². The minimum absolute atomic E-state index is 0.0118. The zero-order valence-electron chi connectivity index (χ0n) is 18.5. The number of hydrogen-bond donors (Lipinski definition) is 0. The molecule has 0 aromatic heterocycles. The predicted octanol–water partition coefficient (Wildman–Crippen LogP) is 5.79. The number of allylic oxidation sites excluding steroid dienone is 5. The molecule has 2 heterocycles. The van der Waals surface area contributed by atoms with Crippen molar-refractivity contribution in [3.8, 4) is 5.75 Å². The van der Waals surface area contributed by atoms with E-state index < -0.39 is 6.36 Å². The quantitative estimate of drug-likeness (QED) is 0.578. The fourth-order valence-electron chi connectivity index (χ4n) is 5.77. The molecule has 0 radical (unpaired) electrons. The third-order valence-corrected chi connectivity index (χ3v) is 7.23. The molecule has 1 saturated heterocycles. The Bertz CT molecular complexity index is 1060. The smallest absolute Gasteiger partial charge is 0.405 e. The second-order valence-corrected chi connectivity index (χ2v) is 9.55. The molecule has 0 N–H and O–H groups in total. The molecule has 2 aliphatic carbocycles. The van der Waals surface area contributed by atoms with Crippen molar-refractivity contribution in [2.75, 3.05) is 13.1 Å². The lowest BCUT2D eigenvalue weighted by atomic mass is 9.94. The molecule has 4 aliphatic rings. The van der Waals surface area contributed by atoms with E-state index in [-0.39, 0.29) is 35.3 Å². The highest BCUT2D eigenvalue weighted by molar-refractivity contribution is 6.07. The summed E-state index contributed by atoms with van der Waals surface area (Å²) in [5.41, 5.74) is 3.23. The molecule has 2 fully saturated rings. The zero-order valence-corrected chi connectivity index (χ0v) is 18.5. The van der Waals surface area contributed by atoms with Gasteiger partial charge >= 0.3 is 6.36 Å². The molecule has 7 heteroatoms. The van der Waals surface area contributed by atoms with Crippen LogP contribution in [-0.2, 0) is 4.79 Å². The van der Waals surface area contributed by atoms with E-state index in [0.717, 1.165) is 37.0 Å². The van der Waals surface area contributed by atoms with Crippen LogP contribution < -0.4 is 4.74 Å². The van der Waals surface area contributed by atoms with Crippen LogP contribution in [0.3, 0.4) is 0 Å². The Labute approximate surface area is 191 Å². The lowest BCUT2D eigenvalue weighted by Gasteiger charge is -2.21. The van der Waals surface area contributed by atoms with Crippen molar-refractivity contribution in [3.05, 3.63) is 65.4 Å². The summed E-state index contributed by atoms with van der Waals surface area (Å²) in [6.45, 7) is 3.30. The Morgan fingerprint density at radius 3 is 2.61 bits per heavy atom. The number of para-hydroxylation sites is 1. The number of ether oxygens (including phenoxy) is 1. The highest BCUT2D eigenvalue weighted by Gasteiger charge is 2.44. The Kier molecular flexibility index (Phi) is 5.67. The van der Waals surface area contributed by atoms with Gasteiger partial charge in [-0.05, 0) is 79.7 Å². The Morgan fingerprint density at radius 1 is 1.15 bits per heavy atom. The second kappa shape index (κ2) is 8.50. The van der Waals surface area contributed by atoms with E-state index in [1.54, 1.807) is 18.2 Å². The van der Waals surface area contributed by atoms with Gasteiger partial charge in [0.25, 0.3) is 5.91 Å². The van der Waals surface area contributed by atoms with Gasteiger partial charge in [-0.1, -0.05) is 30.4 Å². The summed E-state index contributed by atoms with van der Waals surface area (Å²) >= 11 is 0. The van der Waals surface area contributed by atoms with Crippen molar-refractivity contribution < 1.29 is 22.7 Å². The number of fused-ring (bicyclic) bond motifs is 2. The highest BCUT2D eigenvalue weighted by atomic mass is 19.4. The van der Waals surface area contributed by atoms with Gasteiger partial charge in [0.05, 0.1) is 0 Å². The molecule has 2 unspecified atom stereocenters. The van der Waals surface area contributed by atoms with Gasteiger partial charge in [0.2, 0.25) is 0 Å². The largest absolute Gasteiger partial charge is 0.573 e. The number of halogens is 3. The van der Waals surface area contributed by atoms with Crippen molar-refractivity contribution in [3.63, 3.8) is 0 Å². The maximum absolute atomic E-state index is 13.2. The first-order valence-corrected chi connectivity index (χ1v) is 11.6. The van der Waals surface area contributed by atoms with Crippen molar-refractivity contribution in [1.82, 2.24) is 4.90 Å². The first-order chi connectivity index (χ1) is 15.8. The van der Waals surface area contributed by atoms with E-state index in [9.17, 15) is 18.0 Å². The van der Waals surface area contributed by atoms with Crippen LogP contribution in [0.2, 0.25) is 0 Å². The summed E-state index contributed by atoms with van der Waals surface area (Å²) in [4.78, 5) is 19.8. The molecule has 1 aromatic carbocycles. The average molecular weight is 457 g/mol. The fourth-order valence-corrected chi connectivity index (χ4v) is 5.77. The molecule has 4 nitrogen and oxygen atoms in total. The van der Waals surface area contributed by atoms with Crippen molar-refractivity contribution in [1.29, 1.82) is 0 Å². The average Bonchev–Trinajstić information content (AvgIpc) is 3.42. The molecule has 4 atom stereocenters. The van der Waals surface area contributed by atoms with E-state index in [1.807, 2.05) is 17.9 Å². The number of hydrogen-bond acceptors (Lipinski definition) is 3. The molecule has 1 saturated carbocycles. The summed E-state index contributed by atoms with van der Waals surface area (Å²) in [6, 6.07) is 6.43. The van der Waals surface area contributed by atoms with Gasteiger partial charge in [-0.3, -0.25) is 4.79 Å². The Balaban J connectivity index is 1.25. The Morgan fingerprint density at radius 2 is 1.88 bits per heavy atom. The first-order valence-electron chi connectivity index (χ1n) is 11.6. The van der Waals surface area contributed by atoms with E-state index in [2.05, 4.69) is 28.0 Å². The highest BCUT2D eigenvalue weighted by Crippen LogP contribution is 2.49. The number of carbonyl (C=O) groups is 1. The predicted molar refractivity (Wildman–Crippen MR) is 120 cm³/mol. The summed E-state index contributed by atoms with van der Waals surface area (Å²) in [5.74, 6) is 0.625. The summed E-state index contributed by atoms with van der Waals surface area (Å²) in [5, 5.41) is 0. The number of aliphatic imine (C=N–C) groups is 1. The van der Waals surface area contributed by atoms with Gasteiger partial charge in [-0.15, -0.1) is 13.2 Å². The molecule has 1 aromatic rings. The topological polar surface area (TPSA) is 41.9 Å². The molecule has 1 amide bonds. The van der Waals surface area contributed by atoms with Crippen molar-refractivity contribution in [2.45, 2.75) is 44.9 Å². The van der Waals surface area contributed by atoms with Crippen LogP contribution in [-0.4, -0.2) is 36.0 Å². The molecular formula is C26H27F3N2O2. The molecule has 33 heavy (non-hydrogen) atoms. The zero-order chi connectivity index (χ0) is 23.2. The van der Waals surface area contributed by atoms with Crippen LogP contribution in [0.1, 0.15) is 44.1 Å². The molecular weight excluding hydrogens is 429 g/mol. The Hall–Kier alpha value is -2.83. The summed E-state index contributed by atoms with van der Waals surface area (Å²) in [7, 11) is 0. The standard InChI is InChI=1S/C26H27F3N2O2/c1-16-6-2-3-7-17-13-23(30-22(17)10-16)25(32)31-14-19-11-18(12-20(19)15-31)21-8-4-5-9-24(21)33-26(27,28)29/h2,4-6,8-10,13,17-20H,3,7,11-12,14-15H2,1H3/t17?,18?,19-,20+. The van der Waals surface area contributed by atoms with Crippen molar-refractivity contribution in [2.24, 2.45) is 22.7 Å². The number of carbonyl (C=O) groups excluding carboxylic acids is 1. The summed E-state index contributed by atoms with van der Waals surface area (Å²) < 4.78 is 42.7. The lowest BCUT2D eigenvalue weighted by molar-refractivity contribution is -0.275. The number of rotatable bonds is 3. The number of amides is 1. The number of alkyl halides is 3. The fraction of sp³-hybridized carbons (Fsp3) is 0.462.